The van der Waals surface area contributed by atoms with Crippen molar-refractivity contribution in [1.29, 1.82) is 0 Å². The van der Waals surface area contributed by atoms with Crippen LogP contribution in [0, 0.1) is 0 Å². The van der Waals surface area contributed by atoms with Gasteiger partial charge in [-0.05, 0) is 29.3 Å². The van der Waals surface area contributed by atoms with Gasteiger partial charge < -0.3 is 5.73 Å². The van der Waals surface area contributed by atoms with Crippen molar-refractivity contribution in [3.8, 4) is 0 Å². The van der Waals surface area contributed by atoms with Crippen LogP contribution in [0.3, 0.4) is 0 Å². The SMILES string of the molecule is [N-]=[N+]=NCC=Cc1cc(N)cc(C(F)(F)F)c1. The zero-order valence-corrected chi connectivity index (χ0v) is 8.65. The average molecular weight is 242 g/mol. The quantitative estimate of drug-likeness (QED) is 0.374. The number of alkyl halides is 3. The van der Waals surface area contributed by atoms with Crippen molar-refractivity contribution in [3.05, 3.63) is 45.8 Å². The summed E-state index contributed by atoms with van der Waals surface area (Å²) in [5, 5.41) is 3.22. The van der Waals surface area contributed by atoms with Crippen molar-refractivity contribution in [2.45, 2.75) is 6.18 Å². The topological polar surface area (TPSA) is 74.8 Å². The number of anilines is 1. The molecule has 0 heterocycles. The highest BCUT2D eigenvalue weighted by molar-refractivity contribution is 5.58. The normalized spacial score (nSPS) is 11.5. The molecule has 0 bridgehead atoms. The zero-order valence-electron chi connectivity index (χ0n) is 8.65. The highest BCUT2D eigenvalue weighted by atomic mass is 19.4. The van der Waals surface area contributed by atoms with E-state index in [0.717, 1.165) is 12.1 Å². The van der Waals surface area contributed by atoms with E-state index >= 15 is 0 Å². The van der Waals surface area contributed by atoms with Gasteiger partial charge in [-0.1, -0.05) is 17.3 Å². The van der Waals surface area contributed by atoms with E-state index in [0.29, 0.717) is 5.56 Å². The molecule has 0 aromatic heterocycles. The molecule has 1 aromatic carbocycles. The predicted molar refractivity (Wildman–Crippen MR) is 58.9 cm³/mol. The van der Waals surface area contributed by atoms with E-state index < -0.39 is 11.7 Å². The van der Waals surface area contributed by atoms with E-state index in [9.17, 15) is 13.2 Å². The van der Waals surface area contributed by atoms with Crippen LogP contribution in [0.1, 0.15) is 11.1 Å². The Hall–Kier alpha value is -2.14. The summed E-state index contributed by atoms with van der Waals surface area (Å²) in [6.45, 7) is 0.0760. The van der Waals surface area contributed by atoms with Crippen molar-refractivity contribution in [2.24, 2.45) is 5.11 Å². The Bertz CT molecular complexity index is 473. The third-order valence-electron chi connectivity index (χ3n) is 1.87. The van der Waals surface area contributed by atoms with Gasteiger partial charge >= 0.3 is 6.18 Å². The van der Waals surface area contributed by atoms with Crippen molar-refractivity contribution in [1.82, 2.24) is 0 Å². The van der Waals surface area contributed by atoms with Gasteiger partial charge in [0.05, 0.1) is 5.56 Å². The molecule has 4 nitrogen and oxygen atoms in total. The lowest BCUT2D eigenvalue weighted by Crippen LogP contribution is -2.06. The summed E-state index contributed by atoms with van der Waals surface area (Å²) in [6, 6.07) is 3.25. The van der Waals surface area contributed by atoms with Crippen LogP contribution in [0.5, 0.6) is 0 Å². The summed E-state index contributed by atoms with van der Waals surface area (Å²) in [7, 11) is 0. The lowest BCUT2D eigenvalue weighted by atomic mass is 10.1. The number of nitrogen functional groups attached to an aromatic ring is 1. The first-order chi connectivity index (χ1) is 7.93. The van der Waals surface area contributed by atoms with Crippen LogP contribution in [0.2, 0.25) is 0 Å². The number of hydrogen-bond acceptors (Lipinski definition) is 2. The van der Waals surface area contributed by atoms with E-state index in [1.54, 1.807) is 0 Å². The van der Waals surface area contributed by atoms with E-state index in [4.69, 9.17) is 11.3 Å². The molecule has 7 heteroatoms. The molecular formula is C10H9F3N4. The molecule has 0 spiro atoms. The van der Waals surface area contributed by atoms with Crippen LogP contribution in [-0.2, 0) is 6.18 Å². The van der Waals surface area contributed by atoms with E-state index in [1.165, 1.54) is 18.2 Å². The third kappa shape index (κ3) is 4.08. The Morgan fingerprint density at radius 1 is 1.35 bits per heavy atom. The van der Waals surface area contributed by atoms with Gasteiger partial charge in [0.15, 0.2) is 0 Å². The molecule has 0 saturated heterocycles. The number of halogens is 3. The number of nitrogens with two attached hydrogens (primary N) is 1. The van der Waals surface area contributed by atoms with Gasteiger partial charge in [0.2, 0.25) is 0 Å². The van der Waals surface area contributed by atoms with Gasteiger partial charge in [-0.3, -0.25) is 0 Å². The standard InChI is InChI=1S/C10H9F3N4/c11-10(12,13)8-4-7(5-9(14)6-8)2-1-3-16-17-15/h1-2,4-6H,3,14H2. The largest absolute Gasteiger partial charge is 0.416 e. The summed E-state index contributed by atoms with van der Waals surface area (Å²) in [6.07, 6.45) is -1.56. The van der Waals surface area contributed by atoms with Gasteiger partial charge in [-0.15, -0.1) is 0 Å². The van der Waals surface area contributed by atoms with Crippen LogP contribution in [0.15, 0.2) is 29.4 Å². The molecule has 0 saturated carbocycles. The van der Waals surface area contributed by atoms with Gasteiger partial charge in [0, 0.05) is 17.1 Å². The minimum atomic E-state index is -4.43. The first-order valence-corrected chi connectivity index (χ1v) is 4.58. The summed E-state index contributed by atoms with van der Waals surface area (Å²) in [5.41, 5.74) is 12.9. The van der Waals surface area contributed by atoms with Crippen molar-refractivity contribution < 1.29 is 13.2 Å². The lowest BCUT2D eigenvalue weighted by Gasteiger charge is -2.08. The van der Waals surface area contributed by atoms with Crippen LogP contribution < -0.4 is 5.73 Å². The molecule has 0 unspecified atom stereocenters. The molecule has 0 fully saturated rings. The first-order valence-electron chi connectivity index (χ1n) is 4.58. The summed E-state index contributed by atoms with van der Waals surface area (Å²) >= 11 is 0. The molecular weight excluding hydrogens is 233 g/mol. The van der Waals surface area contributed by atoms with Gasteiger partial charge in [0.25, 0.3) is 0 Å². The minimum Gasteiger partial charge on any atom is -0.399 e. The van der Waals surface area contributed by atoms with E-state index in [-0.39, 0.29) is 12.2 Å². The Morgan fingerprint density at radius 3 is 2.65 bits per heavy atom. The Balaban J connectivity index is 2.97. The number of nitrogens with zero attached hydrogens (tertiary/aromatic N) is 3. The van der Waals surface area contributed by atoms with Crippen LogP contribution in [-0.4, -0.2) is 6.54 Å². The van der Waals surface area contributed by atoms with E-state index in [1.807, 2.05) is 0 Å². The number of benzene rings is 1. The fourth-order valence-electron chi connectivity index (χ4n) is 1.21. The van der Waals surface area contributed by atoms with Crippen LogP contribution >= 0.6 is 0 Å². The predicted octanol–water partition coefficient (Wildman–Crippen LogP) is 3.61. The van der Waals surface area contributed by atoms with Gasteiger partial charge in [0.1, 0.15) is 0 Å². The number of azide groups is 1. The molecule has 0 aliphatic carbocycles. The molecule has 2 N–H and O–H groups in total. The third-order valence-corrected chi connectivity index (χ3v) is 1.87. The second kappa shape index (κ2) is 5.27. The second-order valence-electron chi connectivity index (χ2n) is 3.20. The molecule has 0 amide bonds. The maximum Gasteiger partial charge on any atom is 0.416 e. The highest BCUT2D eigenvalue weighted by Gasteiger charge is 2.30. The minimum absolute atomic E-state index is 0.0308. The Labute approximate surface area is 95.2 Å². The molecule has 17 heavy (non-hydrogen) atoms. The summed E-state index contributed by atoms with van der Waals surface area (Å²) in [5.74, 6) is 0. The molecule has 1 aromatic rings. The zero-order chi connectivity index (χ0) is 12.9. The second-order valence-corrected chi connectivity index (χ2v) is 3.20. The molecule has 1 rings (SSSR count). The molecule has 90 valence electrons. The molecule has 0 radical (unpaired) electrons. The van der Waals surface area contributed by atoms with Crippen molar-refractivity contribution in [3.63, 3.8) is 0 Å². The summed E-state index contributed by atoms with van der Waals surface area (Å²) in [4.78, 5) is 2.51. The Kier molecular flexibility index (Phi) is 4.01. The molecule has 0 atom stereocenters. The fourth-order valence-corrected chi connectivity index (χ4v) is 1.21. The van der Waals surface area contributed by atoms with Crippen molar-refractivity contribution in [2.75, 3.05) is 12.3 Å². The number of rotatable bonds is 3. The molecule has 0 aliphatic heterocycles. The molecule has 0 aliphatic rings. The Morgan fingerprint density at radius 2 is 2.06 bits per heavy atom. The maximum atomic E-state index is 12.4. The average Bonchev–Trinajstić information content (AvgIpc) is 2.22. The fraction of sp³-hybridized carbons (Fsp3) is 0.200. The smallest absolute Gasteiger partial charge is 0.399 e. The van der Waals surface area contributed by atoms with E-state index in [2.05, 4.69) is 10.0 Å². The van der Waals surface area contributed by atoms with Gasteiger partial charge in [-0.2, -0.15) is 13.2 Å². The number of hydrogen-bond donors (Lipinski definition) is 1. The van der Waals surface area contributed by atoms with Crippen LogP contribution in [0.4, 0.5) is 18.9 Å². The maximum absolute atomic E-state index is 12.4. The van der Waals surface area contributed by atoms with Crippen LogP contribution in [0.25, 0.3) is 16.5 Å². The van der Waals surface area contributed by atoms with Crippen molar-refractivity contribution >= 4 is 11.8 Å². The lowest BCUT2D eigenvalue weighted by molar-refractivity contribution is -0.137. The highest BCUT2D eigenvalue weighted by Crippen LogP contribution is 2.31. The summed E-state index contributed by atoms with van der Waals surface area (Å²) < 4.78 is 37.3. The monoisotopic (exact) mass is 242 g/mol. The first kappa shape index (κ1) is 12.9. The van der Waals surface area contributed by atoms with Gasteiger partial charge in [-0.25, -0.2) is 0 Å².